The number of urea groups is 1. The molecule has 0 saturated carbocycles. The van der Waals surface area contributed by atoms with Crippen LogP contribution in [0.15, 0.2) is 47.9 Å². The second-order valence-electron chi connectivity index (χ2n) is 7.63. The Morgan fingerprint density at radius 3 is 2.55 bits per heavy atom. The van der Waals surface area contributed by atoms with Crippen LogP contribution in [0.25, 0.3) is 0 Å². The third kappa shape index (κ3) is 5.08. The molecular weight excluding hydrogens is 434 g/mol. The van der Waals surface area contributed by atoms with E-state index in [4.69, 9.17) is 4.74 Å². The first-order valence-electron chi connectivity index (χ1n) is 10.6. The lowest BCUT2D eigenvalue weighted by molar-refractivity contribution is -0.139. The van der Waals surface area contributed by atoms with Crippen LogP contribution in [0.5, 0.6) is 0 Å². The molecule has 2 aliphatic heterocycles. The number of aromatic nitrogens is 2. The molecule has 1 aromatic carbocycles. The number of carbonyl (C=O) groups excluding carboxylic acids is 2. The molecule has 2 aliphatic rings. The Morgan fingerprint density at radius 2 is 1.88 bits per heavy atom. The van der Waals surface area contributed by atoms with Gasteiger partial charge in [-0.15, -0.1) is 0 Å². The maximum atomic E-state index is 13.9. The molecule has 11 heteroatoms. The van der Waals surface area contributed by atoms with Gasteiger partial charge in [-0.25, -0.2) is 28.3 Å². The zero-order valence-electron chi connectivity index (χ0n) is 18.1. The summed E-state index contributed by atoms with van der Waals surface area (Å²) in [5.41, 5.74) is 0.781. The van der Waals surface area contributed by atoms with Crippen LogP contribution >= 0.6 is 0 Å². The van der Waals surface area contributed by atoms with Gasteiger partial charge in [-0.2, -0.15) is 0 Å². The lowest BCUT2D eigenvalue weighted by atomic mass is 9.94. The van der Waals surface area contributed by atoms with Crippen molar-refractivity contribution in [3.8, 4) is 0 Å². The molecule has 1 saturated heterocycles. The topological polar surface area (TPSA) is 99.7 Å². The number of halogens is 2. The van der Waals surface area contributed by atoms with E-state index >= 15 is 0 Å². The van der Waals surface area contributed by atoms with Crippen molar-refractivity contribution in [3.05, 3.63) is 65.1 Å². The van der Waals surface area contributed by atoms with Gasteiger partial charge in [0.25, 0.3) is 0 Å². The Balaban J connectivity index is 1.58. The number of piperazine rings is 1. The summed E-state index contributed by atoms with van der Waals surface area (Å²) in [5, 5.41) is 5.33. The first-order valence-corrected chi connectivity index (χ1v) is 10.6. The van der Waals surface area contributed by atoms with Gasteiger partial charge in [0.1, 0.15) is 0 Å². The van der Waals surface area contributed by atoms with Gasteiger partial charge in [-0.05, 0) is 30.7 Å². The SMILES string of the molecule is CCOC(=O)C1=C(CN2CCN(c3ncccn3)CC2)NC(=O)N[C@H]1c1ccc(F)c(F)c1. The van der Waals surface area contributed by atoms with Crippen molar-refractivity contribution in [2.45, 2.75) is 13.0 Å². The predicted octanol–water partition coefficient (Wildman–Crippen LogP) is 1.75. The second kappa shape index (κ2) is 9.90. The fraction of sp³-hybridized carbons (Fsp3) is 0.364. The predicted molar refractivity (Wildman–Crippen MR) is 115 cm³/mol. The van der Waals surface area contributed by atoms with Crippen molar-refractivity contribution in [1.29, 1.82) is 0 Å². The standard InChI is InChI=1S/C22H24F2N6O3/c1-2-33-20(31)18-17(13-29-8-10-30(11-9-29)21-25-6-3-7-26-21)27-22(32)28-19(18)14-4-5-15(23)16(24)12-14/h3-7,12,19H,2,8-11,13H2,1H3,(H2,27,28,32)/t19-/m0/s1. The molecule has 2 amide bonds. The number of esters is 1. The zero-order chi connectivity index (χ0) is 23.4. The van der Waals surface area contributed by atoms with Crippen LogP contribution in [0.4, 0.5) is 19.5 Å². The molecule has 1 fully saturated rings. The number of ether oxygens (including phenoxy) is 1. The summed E-state index contributed by atoms with van der Waals surface area (Å²) in [7, 11) is 0. The number of rotatable bonds is 6. The monoisotopic (exact) mass is 458 g/mol. The molecule has 0 unspecified atom stereocenters. The highest BCUT2D eigenvalue weighted by molar-refractivity contribution is 5.95. The number of nitrogens with zero attached hydrogens (tertiary/aromatic N) is 4. The summed E-state index contributed by atoms with van der Waals surface area (Å²) >= 11 is 0. The maximum Gasteiger partial charge on any atom is 0.338 e. The molecule has 33 heavy (non-hydrogen) atoms. The van der Waals surface area contributed by atoms with Crippen molar-refractivity contribution in [3.63, 3.8) is 0 Å². The van der Waals surface area contributed by atoms with Crippen LogP contribution in [-0.2, 0) is 9.53 Å². The maximum absolute atomic E-state index is 13.9. The molecule has 0 spiro atoms. The minimum atomic E-state index is -1.07. The van der Waals surface area contributed by atoms with Crippen LogP contribution in [0.2, 0.25) is 0 Å². The number of amides is 2. The lowest BCUT2D eigenvalue weighted by Gasteiger charge is -2.37. The fourth-order valence-corrected chi connectivity index (χ4v) is 3.92. The van der Waals surface area contributed by atoms with Crippen LogP contribution in [0, 0.1) is 11.6 Å². The fourth-order valence-electron chi connectivity index (χ4n) is 3.92. The Morgan fingerprint density at radius 1 is 1.15 bits per heavy atom. The van der Waals surface area contributed by atoms with E-state index in [1.54, 1.807) is 25.4 Å². The Labute approximate surface area is 189 Å². The minimum Gasteiger partial charge on any atom is -0.463 e. The van der Waals surface area contributed by atoms with Crippen LogP contribution < -0.4 is 15.5 Å². The first kappa shape index (κ1) is 22.6. The molecule has 0 radical (unpaired) electrons. The van der Waals surface area contributed by atoms with Crippen LogP contribution in [-0.4, -0.2) is 66.2 Å². The summed E-state index contributed by atoms with van der Waals surface area (Å²) in [5.74, 6) is -2.06. The molecule has 3 heterocycles. The molecule has 0 aliphatic carbocycles. The van der Waals surface area contributed by atoms with Gasteiger partial charge in [-0.1, -0.05) is 6.07 Å². The number of nitrogens with one attached hydrogen (secondary N) is 2. The largest absolute Gasteiger partial charge is 0.463 e. The van der Waals surface area contributed by atoms with E-state index in [1.807, 2.05) is 0 Å². The van der Waals surface area contributed by atoms with Crippen LogP contribution in [0.1, 0.15) is 18.5 Å². The van der Waals surface area contributed by atoms with E-state index in [-0.39, 0.29) is 24.3 Å². The zero-order valence-corrected chi connectivity index (χ0v) is 18.1. The summed E-state index contributed by atoms with van der Waals surface area (Å²) in [4.78, 5) is 37.9. The van der Waals surface area contributed by atoms with Gasteiger partial charge < -0.3 is 20.3 Å². The number of hydrogen-bond donors (Lipinski definition) is 2. The van der Waals surface area contributed by atoms with Crippen molar-refractivity contribution in [2.75, 3.05) is 44.2 Å². The van der Waals surface area contributed by atoms with E-state index in [9.17, 15) is 18.4 Å². The van der Waals surface area contributed by atoms with Crippen molar-refractivity contribution >= 4 is 17.9 Å². The van der Waals surface area contributed by atoms with Gasteiger partial charge in [0, 0.05) is 50.8 Å². The minimum absolute atomic E-state index is 0.129. The molecule has 1 aromatic heterocycles. The van der Waals surface area contributed by atoms with E-state index < -0.39 is 29.7 Å². The van der Waals surface area contributed by atoms with E-state index in [2.05, 4.69) is 30.4 Å². The molecule has 174 valence electrons. The Kier molecular flexibility index (Phi) is 6.78. The molecule has 0 bridgehead atoms. The molecular formula is C22H24F2N6O3. The van der Waals surface area contributed by atoms with Gasteiger partial charge in [0.15, 0.2) is 11.6 Å². The van der Waals surface area contributed by atoms with E-state index in [0.29, 0.717) is 37.8 Å². The number of anilines is 1. The third-order valence-corrected chi connectivity index (χ3v) is 5.51. The average Bonchev–Trinajstić information content (AvgIpc) is 2.81. The highest BCUT2D eigenvalue weighted by Gasteiger charge is 2.35. The summed E-state index contributed by atoms with van der Waals surface area (Å²) in [6.45, 7) is 4.73. The highest BCUT2D eigenvalue weighted by Crippen LogP contribution is 2.29. The third-order valence-electron chi connectivity index (χ3n) is 5.51. The van der Waals surface area contributed by atoms with E-state index in [0.717, 1.165) is 12.1 Å². The smallest absolute Gasteiger partial charge is 0.338 e. The second-order valence-corrected chi connectivity index (χ2v) is 7.63. The lowest BCUT2D eigenvalue weighted by Crippen LogP contribution is -2.52. The van der Waals surface area contributed by atoms with Gasteiger partial charge >= 0.3 is 12.0 Å². The summed E-state index contributed by atoms with van der Waals surface area (Å²) < 4.78 is 32.6. The first-order chi connectivity index (χ1) is 16.0. The number of hydrogen-bond acceptors (Lipinski definition) is 7. The summed E-state index contributed by atoms with van der Waals surface area (Å²) in [6, 6.07) is 3.52. The highest BCUT2D eigenvalue weighted by atomic mass is 19.2. The van der Waals surface area contributed by atoms with Crippen molar-refractivity contribution < 1.29 is 23.1 Å². The van der Waals surface area contributed by atoms with Gasteiger partial charge in [0.05, 0.1) is 18.2 Å². The van der Waals surface area contributed by atoms with Crippen molar-refractivity contribution in [1.82, 2.24) is 25.5 Å². The van der Waals surface area contributed by atoms with E-state index in [1.165, 1.54) is 6.07 Å². The van der Waals surface area contributed by atoms with Gasteiger partial charge in [0.2, 0.25) is 5.95 Å². The Bertz CT molecular complexity index is 1060. The molecule has 2 aromatic rings. The molecule has 1 atom stereocenters. The average molecular weight is 458 g/mol. The Hall–Kier alpha value is -3.60. The molecule has 4 rings (SSSR count). The molecule has 9 nitrogen and oxygen atoms in total. The normalized spacial score (nSPS) is 19.2. The van der Waals surface area contributed by atoms with Crippen molar-refractivity contribution in [2.24, 2.45) is 0 Å². The van der Waals surface area contributed by atoms with Crippen LogP contribution in [0.3, 0.4) is 0 Å². The number of carbonyl (C=O) groups is 2. The quantitative estimate of drug-likeness (QED) is 0.637. The van der Waals surface area contributed by atoms with Gasteiger partial charge in [-0.3, -0.25) is 4.90 Å². The summed E-state index contributed by atoms with van der Waals surface area (Å²) in [6.07, 6.45) is 3.38. The number of benzene rings is 1. The molecule has 2 N–H and O–H groups in total.